The van der Waals surface area contributed by atoms with E-state index in [-0.39, 0.29) is 16.9 Å². The first-order valence-corrected chi connectivity index (χ1v) is 11.2. The van der Waals surface area contributed by atoms with Crippen LogP contribution in [0.15, 0.2) is 40.7 Å². The van der Waals surface area contributed by atoms with Crippen molar-refractivity contribution in [1.82, 2.24) is 10.2 Å². The number of ketones is 1. The van der Waals surface area contributed by atoms with Crippen molar-refractivity contribution in [2.24, 2.45) is 0 Å². The van der Waals surface area contributed by atoms with Crippen LogP contribution >= 0.6 is 23.1 Å². The van der Waals surface area contributed by atoms with Gasteiger partial charge in [0.05, 0.1) is 5.25 Å². The van der Waals surface area contributed by atoms with Crippen molar-refractivity contribution in [2.45, 2.75) is 44.2 Å². The largest absolute Gasteiger partial charge is 0.330 e. The number of rotatable bonds is 7. The van der Waals surface area contributed by atoms with Crippen molar-refractivity contribution in [3.8, 4) is 0 Å². The van der Waals surface area contributed by atoms with Crippen molar-refractivity contribution in [3.05, 3.63) is 58.7 Å². The molecular weight excluding hydrogens is 416 g/mol. The highest BCUT2D eigenvalue weighted by molar-refractivity contribution is 8.02. The number of hydrogen-bond acceptors (Lipinski definition) is 7. The summed E-state index contributed by atoms with van der Waals surface area (Å²) in [5.41, 5.74) is 5.56. The van der Waals surface area contributed by atoms with Crippen LogP contribution in [-0.2, 0) is 4.79 Å². The Morgan fingerprint density at radius 2 is 1.70 bits per heavy atom. The van der Waals surface area contributed by atoms with Crippen LogP contribution < -0.4 is 10.6 Å². The summed E-state index contributed by atoms with van der Waals surface area (Å²) in [5, 5.41) is 14.7. The molecule has 30 heavy (non-hydrogen) atoms. The van der Waals surface area contributed by atoms with Gasteiger partial charge in [-0.3, -0.25) is 9.59 Å². The van der Waals surface area contributed by atoms with Crippen LogP contribution in [0.1, 0.15) is 40.9 Å². The number of amides is 1. The standard InChI is InChI=1S/C22H24N4O2S2/c1-12-9-14(3)19(10-13(12)2)20(28)15(4)29-22-26-25-21(30-22)24-18-8-6-7-17(11-18)23-16(5)27/h6-11,15H,1-5H3,(H,23,27)(H,24,25). The number of anilines is 3. The van der Waals surface area contributed by atoms with E-state index in [1.165, 1.54) is 35.6 Å². The van der Waals surface area contributed by atoms with Crippen molar-refractivity contribution < 1.29 is 9.59 Å². The van der Waals surface area contributed by atoms with E-state index in [1.807, 2.05) is 51.1 Å². The number of carbonyl (C=O) groups is 2. The van der Waals surface area contributed by atoms with Crippen molar-refractivity contribution in [1.29, 1.82) is 0 Å². The molecule has 1 amide bonds. The molecular formula is C22H24N4O2S2. The molecule has 3 rings (SSSR count). The SMILES string of the molecule is CC(=O)Nc1cccc(Nc2nnc(SC(C)C(=O)c3cc(C)c(C)cc3C)s2)c1. The fourth-order valence-corrected chi connectivity index (χ4v) is 4.94. The molecule has 8 heteroatoms. The molecule has 0 bridgehead atoms. The lowest BCUT2D eigenvalue weighted by Crippen LogP contribution is -2.15. The fraction of sp³-hybridized carbons (Fsp3) is 0.273. The van der Waals surface area contributed by atoms with Gasteiger partial charge in [0, 0.05) is 23.9 Å². The summed E-state index contributed by atoms with van der Waals surface area (Å²) in [7, 11) is 0. The van der Waals surface area contributed by atoms with Gasteiger partial charge in [0.15, 0.2) is 10.1 Å². The van der Waals surface area contributed by atoms with E-state index in [2.05, 4.69) is 33.8 Å². The van der Waals surface area contributed by atoms with Gasteiger partial charge in [-0.1, -0.05) is 35.2 Å². The van der Waals surface area contributed by atoms with Gasteiger partial charge in [-0.15, -0.1) is 10.2 Å². The first kappa shape index (κ1) is 22.0. The highest BCUT2D eigenvalue weighted by Gasteiger charge is 2.21. The maximum Gasteiger partial charge on any atom is 0.221 e. The molecule has 0 saturated heterocycles. The molecule has 2 N–H and O–H groups in total. The molecule has 6 nitrogen and oxygen atoms in total. The number of benzene rings is 2. The third kappa shape index (κ3) is 5.46. The van der Waals surface area contributed by atoms with Crippen LogP contribution in [0.3, 0.4) is 0 Å². The minimum Gasteiger partial charge on any atom is -0.330 e. The van der Waals surface area contributed by atoms with Crippen molar-refractivity contribution in [2.75, 3.05) is 10.6 Å². The van der Waals surface area contributed by atoms with E-state index in [4.69, 9.17) is 0 Å². The van der Waals surface area contributed by atoms with Crippen LogP contribution in [0.25, 0.3) is 0 Å². The molecule has 0 spiro atoms. The molecule has 3 aromatic rings. The minimum absolute atomic E-state index is 0.0910. The minimum atomic E-state index is -0.269. The number of Topliss-reactive ketones (excluding diaryl/α,β-unsaturated/α-hetero) is 1. The zero-order valence-electron chi connectivity index (χ0n) is 17.6. The van der Waals surface area contributed by atoms with Crippen LogP contribution in [-0.4, -0.2) is 27.1 Å². The number of nitrogens with one attached hydrogen (secondary N) is 2. The summed E-state index contributed by atoms with van der Waals surface area (Å²) >= 11 is 2.79. The van der Waals surface area contributed by atoms with E-state index in [0.29, 0.717) is 10.8 Å². The van der Waals surface area contributed by atoms with Gasteiger partial charge in [0.2, 0.25) is 11.0 Å². The summed E-state index contributed by atoms with van der Waals surface area (Å²) in [5.74, 6) is -0.0345. The van der Waals surface area contributed by atoms with Gasteiger partial charge in [-0.25, -0.2) is 0 Å². The molecule has 156 valence electrons. The summed E-state index contributed by atoms with van der Waals surface area (Å²) in [6.45, 7) is 9.41. The highest BCUT2D eigenvalue weighted by Crippen LogP contribution is 2.32. The summed E-state index contributed by atoms with van der Waals surface area (Å²) in [6, 6.07) is 11.4. The zero-order chi connectivity index (χ0) is 21.8. The Kier molecular flexibility index (Phi) is 6.89. The van der Waals surface area contributed by atoms with Gasteiger partial charge in [0.25, 0.3) is 0 Å². The molecule has 2 aromatic carbocycles. The van der Waals surface area contributed by atoms with E-state index in [9.17, 15) is 9.59 Å². The maximum atomic E-state index is 12.9. The van der Waals surface area contributed by atoms with Crippen molar-refractivity contribution >= 4 is 51.3 Å². The second kappa shape index (κ2) is 9.40. The summed E-state index contributed by atoms with van der Waals surface area (Å²) in [4.78, 5) is 24.2. The normalized spacial score (nSPS) is 11.8. The quantitative estimate of drug-likeness (QED) is 0.371. The monoisotopic (exact) mass is 440 g/mol. The topological polar surface area (TPSA) is 84.0 Å². The van der Waals surface area contributed by atoms with Gasteiger partial charge >= 0.3 is 0 Å². The Bertz CT molecular complexity index is 1090. The first-order chi connectivity index (χ1) is 14.2. The van der Waals surface area contributed by atoms with Crippen LogP contribution in [0.2, 0.25) is 0 Å². The van der Waals surface area contributed by atoms with Gasteiger partial charge in [0.1, 0.15) is 0 Å². The predicted octanol–water partition coefficient (Wildman–Crippen LogP) is 5.53. The van der Waals surface area contributed by atoms with Crippen molar-refractivity contribution in [3.63, 3.8) is 0 Å². The third-order valence-corrected chi connectivity index (χ3v) is 6.62. The lowest BCUT2D eigenvalue weighted by Gasteiger charge is -2.12. The van der Waals surface area contributed by atoms with Gasteiger partial charge in [-0.05, 0) is 68.7 Å². The van der Waals surface area contributed by atoms with Crippen LogP contribution in [0, 0.1) is 20.8 Å². The Morgan fingerprint density at radius 3 is 2.43 bits per heavy atom. The van der Waals surface area contributed by atoms with E-state index in [1.54, 1.807) is 0 Å². The number of thioether (sulfide) groups is 1. The number of nitrogens with zero attached hydrogens (tertiary/aromatic N) is 2. The second-order valence-electron chi connectivity index (χ2n) is 7.14. The number of carbonyl (C=O) groups excluding carboxylic acids is 2. The predicted molar refractivity (Wildman–Crippen MR) is 124 cm³/mol. The summed E-state index contributed by atoms with van der Waals surface area (Å²) < 4.78 is 0.720. The van der Waals surface area contributed by atoms with Crippen LogP contribution in [0.4, 0.5) is 16.5 Å². The zero-order valence-corrected chi connectivity index (χ0v) is 19.2. The van der Waals surface area contributed by atoms with Gasteiger partial charge < -0.3 is 10.6 Å². The molecule has 0 aliphatic carbocycles. The lowest BCUT2D eigenvalue weighted by molar-refractivity contribution is -0.114. The lowest BCUT2D eigenvalue weighted by atomic mass is 9.97. The number of aromatic nitrogens is 2. The molecule has 0 radical (unpaired) electrons. The fourth-order valence-electron chi connectivity index (χ4n) is 2.96. The van der Waals surface area contributed by atoms with E-state index >= 15 is 0 Å². The van der Waals surface area contributed by atoms with E-state index in [0.717, 1.165) is 26.7 Å². The van der Waals surface area contributed by atoms with Gasteiger partial charge in [-0.2, -0.15) is 0 Å². The Morgan fingerprint density at radius 1 is 1.00 bits per heavy atom. The van der Waals surface area contributed by atoms with E-state index < -0.39 is 0 Å². The Labute approximate surface area is 184 Å². The molecule has 0 fully saturated rings. The number of hydrogen-bond donors (Lipinski definition) is 2. The molecule has 1 unspecified atom stereocenters. The number of aryl methyl sites for hydroxylation is 3. The molecule has 1 atom stereocenters. The highest BCUT2D eigenvalue weighted by atomic mass is 32.2. The maximum absolute atomic E-state index is 12.9. The smallest absolute Gasteiger partial charge is 0.221 e. The van der Waals surface area contributed by atoms with Crippen LogP contribution in [0.5, 0.6) is 0 Å². The molecule has 0 aliphatic rings. The molecule has 0 aliphatic heterocycles. The third-order valence-electron chi connectivity index (χ3n) is 4.59. The Balaban J connectivity index is 1.67. The molecule has 1 aromatic heterocycles. The second-order valence-corrected chi connectivity index (χ2v) is 9.70. The average Bonchev–Trinajstić information content (AvgIpc) is 3.10. The molecule has 0 saturated carbocycles. The first-order valence-electron chi connectivity index (χ1n) is 9.50. The average molecular weight is 441 g/mol. The molecule has 1 heterocycles. The Hall–Kier alpha value is -2.71. The summed E-state index contributed by atoms with van der Waals surface area (Å²) in [6.07, 6.45) is 0.